The number of benzene rings is 2. The third-order valence-corrected chi connectivity index (χ3v) is 4.42. The molecule has 2 amide bonds. The molecule has 1 aliphatic heterocycles. The van der Waals surface area contributed by atoms with E-state index in [0.29, 0.717) is 31.1 Å². The molecule has 0 bridgehead atoms. The standard InChI is InChI=1S/C20H22ClN3O2/c1-2-22-20(25)24(13-15-6-4-3-5-7-15)14-18-12-19(23-26-18)16-8-10-17(21)11-9-16/h3-11,18H,2,12-14H2,1H3,(H,22,25)/t18-/m1/s1. The molecule has 1 heterocycles. The van der Waals surface area contributed by atoms with Gasteiger partial charge in [0.1, 0.15) is 0 Å². The van der Waals surface area contributed by atoms with Gasteiger partial charge in [-0.15, -0.1) is 0 Å². The van der Waals surface area contributed by atoms with Gasteiger partial charge < -0.3 is 15.1 Å². The Morgan fingerprint density at radius 2 is 1.96 bits per heavy atom. The summed E-state index contributed by atoms with van der Waals surface area (Å²) in [6.45, 7) is 3.50. The Morgan fingerprint density at radius 1 is 1.23 bits per heavy atom. The maximum atomic E-state index is 12.4. The smallest absolute Gasteiger partial charge is 0.317 e. The van der Waals surface area contributed by atoms with Crippen molar-refractivity contribution in [1.29, 1.82) is 0 Å². The van der Waals surface area contributed by atoms with E-state index in [1.807, 2.05) is 61.5 Å². The fraction of sp³-hybridized carbons (Fsp3) is 0.300. The summed E-state index contributed by atoms with van der Waals surface area (Å²) in [5, 5.41) is 7.76. The second-order valence-electron chi connectivity index (χ2n) is 6.18. The predicted molar refractivity (Wildman–Crippen MR) is 103 cm³/mol. The summed E-state index contributed by atoms with van der Waals surface area (Å²) in [4.78, 5) is 19.8. The maximum Gasteiger partial charge on any atom is 0.317 e. The summed E-state index contributed by atoms with van der Waals surface area (Å²) in [6.07, 6.45) is 0.499. The topological polar surface area (TPSA) is 53.9 Å². The molecule has 0 saturated heterocycles. The lowest BCUT2D eigenvalue weighted by atomic mass is 10.0. The average Bonchev–Trinajstić information content (AvgIpc) is 3.11. The maximum absolute atomic E-state index is 12.4. The summed E-state index contributed by atoms with van der Waals surface area (Å²) in [5.74, 6) is 0. The molecule has 2 aromatic rings. The third-order valence-electron chi connectivity index (χ3n) is 4.17. The summed E-state index contributed by atoms with van der Waals surface area (Å²) in [5.41, 5.74) is 2.95. The SMILES string of the molecule is CCNC(=O)N(Cc1ccccc1)C[C@H]1CC(c2ccc(Cl)cc2)=NO1. The van der Waals surface area contributed by atoms with Crippen LogP contribution in [0.4, 0.5) is 4.79 Å². The first-order chi connectivity index (χ1) is 12.7. The van der Waals surface area contributed by atoms with Crippen molar-refractivity contribution in [2.45, 2.75) is 26.0 Å². The number of carbonyl (C=O) groups is 1. The highest BCUT2D eigenvalue weighted by Gasteiger charge is 2.26. The van der Waals surface area contributed by atoms with E-state index in [1.165, 1.54) is 0 Å². The van der Waals surface area contributed by atoms with Gasteiger partial charge in [-0.25, -0.2) is 4.79 Å². The van der Waals surface area contributed by atoms with Crippen LogP contribution < -0.4 is 5.32 Å². The second-order valence-corrected chi connectivity index (χ2v) is 6.61. The zero-order chi connectivity index (χ0) is 18.4. The molecule has 6 heteroatoms. The monoisotopic (exact) mass is 371 g/mol. The quantitative estimate of drug-likeness (QED) is 0.832. The molecule has 136 valence electrons. The normalized spacial score (nSPS) is 15.9. The van der Waals surface area contributed by atoms with Crippen molar-refractivity contribution >= 4 is 23.3 Å². The Hall–Kier alpha value is -2.53. The van der Waals surface area contributed by atoms with Crippen LogP contribution >= 0.6 is 11.6 Å². The Balaban J connectivity index is 1.64. The summed E-state index contributed by atoms with van der Waals surface area (Å²) >= 11 is 5.94. The van der Waals surface area contributed by atoms with Crippen molar-refractivity contribution in [2.75, 3.05) is 13.1 Å². The minimum Gasteiger partial charge on any atom is -0.390 e. The van der Waals surface area contributed by atoms with E-state index in [4.69, 9.17) is 16.4 Å². The van der Waals surface area contributed by atoms with Crippen molar-refractivity contribution < 1.29 is 9.63 Å². The largest absolute Gasteiger partial charge is 0.390 e. The van der Waals surface area contributed by atoms with E-state index in [0.717, 1.165) is 16.8 Å². The molecule has 2 aromatic carbocycles. The van der Waals surface area contributed by atoms with Crippen LogP contribution in [0, 0.1) is 0 Å². The van der Waals surface area contributed by atoms with Gasteiger partial charge in [-0.05, 0) is 30.2 Å². The highest BCUT2D eigenvalue weighted by molar-refractivity contribution is 6.30. The number of nitrogens with one attached hydrogen (secondary N) is 1. The van der Waals surface area contributed by atoms with Crippen LogP contribution in [0.25, 0.3) is 0 Å². The summed E-state index contributed by atoms with van der Waals surface area (Å²) in [6, 6.07) is 17.4. The second kappa shape index (κ2) is 8.72. The van der Waals surface area contributed by atoms with Gasteiger partial charge in [0.05, 0.1) is 12.3 Å². The van der Waals surface area contributed by atoms with E-state index in [1.54, 1.807) is 4.90 Å². The Kier molecular flexibility index (Phi) is 6.12. The van der Waals surface area contributed by atoms with E-state index in [9.17, 15) is 4.79 Å². The van der Waals surface area contributed by atoms with Crippen molar-refractivity contribution in [1.82, 2.24) is 10.2 Å². The van der Waals surface area contributed by atoms with Gasteiger partial charge in [0.25, 0.3) is 0 Å². The molecule has 0 aliphatic carbocycles. The van der Waals surface area contributed by atoms with Crippen LogP contribution in [0.5, 0.6) is 0 Å². The van der Waals surface area contributed by atoms with Crippen LogP contribution in [0.2, 0.25) is 5.02 Å². The van der Waals surface area contributed by atoms with Gasteiger partial charge in [0, 0.05) is 24.5 Å². The number of urea groups is 1. The van der Waals surface area contributed by atoms with E-state index >= 15 is 0 Å². The molecule has 3 rings (SSSR count). The van der Waals surface area contributed by atoms with Gasteiger partial charge in [-0.2, -0.15) is 0 Å². The minimum absolute atomic E-state index is 0.0973. The Morgan fingerprint density at radius 3 is 2.65 bits per heavy atom. The fourth-order valence-corrected chi connectivity index (χ4v) is 3.00. The number of nitrogens with zero attached hydrogens (tertiary/aromatic N) is 2. The van der Waals surface area contributed by atoms with Crippen molar-refractivity contribution in [2.24, 2.45) is 5.16 Å². The number of oxime groups is 1. The van der Waals surface area contributed by atoms with E-state index in [2.05, 4.69) is 10.5 Å². The van der Waals surface area contributed by atoms with E-state index < -0.39 is 0 Å². The molecule has 0 unspecified atom stereocenters. The number of carbonyl (C=O) groups excluding carboxylic acids is 1. The van der Waals surface area contributed by atoms with Crippen molar-refractivity contribution in [3.05, 3.63) is 70.7 Å². The van der Waals surface area contributed by atoms with E-state index in [-0.39, 0.29) is 12.1 Å². The first kappa shape index (κ1) is 18.3. The molecule has 1 atom stereocenters. The first-order valence-corrected chi connectivity index (χ1v) is 9.09. The predicted octanol–water partition coefficient (Wildman–Crippen LogP) is 4.06. The Labute approximate surface area is 158 Å². The summed E-state index contributed by atoms with van der Waals surface area (Å²) in [7, 11) is 0. The molecule has 0 saturated carbocycles. The average molecular weight is 372 g/mol. The molecule has 0 spiro atoms. The van der Waals surface area contributed by atoms with Gasteiger partial charge in [0.15, 0.2) is 6.10 Å². The molecule has 1 aliphatic rings. The van der Waals surface area contributed by atoms with Crippen LogP contribution in [0.1, 0.15) is 24.5 Å². The minimum atomic E-state index is -0.160. The number of rotatable bonds is 6. The van der Waals surface area contributed by atoms with Crippen LogP contribution in [-0.2, 0) is 11.4 Å². The van der Waals surface area contributed by atoms with Crippen LogP contribution in [-0.4, -0.2) is 35.8 Å². The lowest BCUT2D eigenvalue weighted by Gasteiger charge is -2.25. The molecule has 0 fully saturated rings. The number of hydrogen-bond donors (Lipinski definition) is 1. The molecule has 1 N–H and O–H groups in total. The third kappa shape index (κ3) is 4.76. The van der Waals surface area contributed by atoms with Gasteiger partial charge in [-0.3, -0.25) is 0 Å². The van der Waals surface area contributed by atoms with Gasteiger partial charge in [0.2, 0.25) is 0 Å². The highest BCUT2D eigenvalue weighted by Crippen LogP contribution is 2.20. The van der Waals surface area contributed by atoms with Gasteiger partial charge >= 0.3 is 6.03 Å². The lowest BCUT2D eigenvalue weighted by Crippen LogP contribution is -2.43. The number of amides is 2. The molecule has 0 aromatic heterocycles. The highest BCUT2D eigenvalue weighted by atomic mass is 35.5. The number of halogens is 1. The zero-order valence-corrected chi connectivity index (χ0v) is 15.4. The number of hydrogen-bond acceptors (Lipinski definition) is 3. The zero-order valence-electron chi connectivity index (χ0n) is 14.7. The molecule has 26 heavy (non-hydrogen) atoms. The van der Waals surface area contributed by atoms with Crippen LogP contribution in [0.3, 0.4) is 0 Å². The summed E-state index contributed by atoms with van der Waals surface area (Å²) < 4.78 is 0. The molecule has 0 radical (unpaired) electrons. The first-order valence-electron chi connectivity index (χ1n) is 8.71. The molecular weight excluding hydrogens is 350 g/mol. The van der Waals surface area contributed by atoms with Gasteiger partial charge in [-0.1, -0.05) is 59.2 Å². The van der Waals surface area contributed by atoms with Crippen molar-refractivity contribution in [3.8, 4) is 0 Å². The molecular formula is C20H22ClN3O2. The molecule has 5 nitrogen and oxygen atoms in total. The van der Waals surface area contributed by atoms with Crippen molar-refractivity contribution in [3.63, 3.8) is 0 Å². The van der Waals surface area contributed by atoms with Crippen LogP contribution in [0.15, 0.2) is 59.8 Å². The lowest BCUT2D eigenvalue weighted by molar-refractivity contribution is 0.0590. The fourth-order valence-electron chi connectivity index (χ4n) is 2.87. The Bertz CT molecular complexity index is 762.